The number of carbonyl (C=O) groups excluding carboxylic acids is 2. The molecule has 0 unspecified atom stereocenters. The van der Waals surface area contributed by atoms with E-state index in [1.807, 2.05) is 25.1 Å². The predicted molar refractivity (Wildman–Crippen MR) is 141 cm³/mol. The van der Waals surface area contributed by atoms with Crippen molar-refractivity contribution in [3.05, 3.63) is 86.9 Å². The molecule has 0 radical (unpaired) electrons. The summed E-state index contributed by atoms with van der Waals surface area (Å²) < 4.78 is 16.5. The first-order valence-electron chi connectivity index (χ1n) is 11.1. The molecule has 9 heteroatoms. The molecule has 0 aliphatic heterocycles. The van der Waals surface area contributed by atoms with Gasteiger partial charge in [-0.2, -0.15) is 5.10 Å². The summed E-state index contributed by atoms with van der Waals surface area (Å²) in [7, 11) is 1.44. The van der Waals surface area contributed by atoms with Crippen molar-refractivity contribution < 1.29 is 23.8 Å². The Bertz CT molecular complexity index is 1290. The lowest BCUT2D eigenvalue weighted by atomic mass is 10.0. The number of amides is 1. The van der Waals surface area contributed by atoms with Gasteiger partial charge in [-0.05, 0) is 72.0 Å². The fourth-order valence-corrected chi connectivity index (χ4v) is 3.74. The van der Waals surface area contributed by atoms with Crippen molar-refractivity contribution >= 4 is 41.3 Å². The molecule has 3 aromatic carbocycles. The summed E-state index contributed by atoms with van der Waals surface area (Å²) in [5.41, 5.74) is 5.29. The number of halogens is 2. The number of benzene rings is 3. The normalized spacial score (nSPS) is 11.0. The Morgan fingerprint density at radius 3 is 2.47 bits per heavy atom. The molecule has 0 saturated carbocycles. The Kier molecular flexibility index (Phi) is 9.33. The van der Waals surface area contributed by atoms with Crippen LogP contribution in [0.1, 0.15) is 46.8 Å². The molecule has 0 fully saturated rings. The molecule has 0 bridgehead atoms. The van der Waals surface area contributed by atoms with Gasteiger partial charge in [0.05, 0.1) is 23.9 Å². The molecular formula is C27H26Cl2N2O5. The molecule has 1 N–H and O–H groups in total. The summed E-state index contributed by atoms with van der Waals surface area (Å²) in [6.07, 6.45) is 1.44. The van der Waals surface area contributed by atoms with Gasteiger partial charge in [0.2, 0.25) is 0 Å². The van der Waals surface area contributed by atoms with E-state index >= 15 is 0 Å². The van der Waals surface area contributed by atoms with E-state index < -0.39 is 11.9 Å². The Morgan fingerprint density at radius 1 is 1.00 bits per heavy atom. The second-order valence-corrected chi connectivity index (χ2v) is 9.05. The highest BCUT2D eigenvalue weighted by molar-refractivity contribution is 6.36. The molecule has 0 saturated heterocycles. The van der Waals surface area contributed by atoms with Crippen LogP contribution < -0.4 is 19.6 Å². The number of hydrogen-bond acceptors (Lipinski definition) is 6. The van der Waals surface area contributed by atoms with Gasteiger partial charge in [0.25, 0.3) is 5.91 Å². The van der Waals surface area contributed by atoms with E-state index in [9.17, 15) is 9.59 Å². The number of nitrogens with zero attached hydrogens (tertiary/aromatic N) is 1. The summed E-state index contributed by atoms with van der Waals surface area (Å²) in [5.74, 6) is 0.383. The summed E-state index contributed by atoms with van der Waals surface area (Å²) in [4.78, 5) is 24.7. The third-order valence-electron chi connectivity index (χ3n) is 5.09. The zero-order valence-electron chi connectivity index (χ0n) is 20.3. The van der Waals surface area contributed by atoms with Gasteiger partial charge < -0.3 is 14.2 Å². The molecule has 3 rings (SSSR count). The molecule has 3 aromatic rings. The van der Waals surface area contributed by atoms with E-state index in [1.54, 1.807) is 24.3 Å². The molecule has 188 valence electrons. The number of rotatable bonds is 9. The van der Waals surface area contributed by atoms with Crippen LogP contribution in [0.2, 0.25) is 10.0 Å². The van der Waals surface area contributed by atoms with Crippen LogP contribution >= 0.6 is 23.2 Å². The van der Waals surface area contributed by atoms with Crippen molar-refractivity contribution in [1.29, 1.82) is 0 Å². The van der Waals surface area contributed by atoms with E-state index in [0.717, 1.165) is 11.1 Å². The van der Waals surface area contributed by atoms with E-state index in [-0.39, 0.29) is 28.9 Å². The average Bonchev–Trinajstić information content (AvgIpc) is 2.83. The average molecular weight is 529 g/mol. The Balaban J connectivity index is 1.60. The molecule has 1 amide bonds. The van der Waals surface area contributed by atoms with Gasteiger partial charge in [0, 0.05) is 5.02 Å². The van der Waals surface area contributed by atoms with Crippen LogP contribution in [0.15, 0.2) is 59.7 Å². The second kappa shape index (κ2) is 12.4. The second-order valence-electron chi connectivity index (χ2n) is 8.20. The molecule has 0 heterocycles. The molecule has 7 nitrogen and oxygen atoms in total. The largest absolute Gasteiger partial charge is 0.493 e. The Labute approximate surface area is 220 Å². The Hall–Kier alpha value is -3.55. The number of hydrazone groups is 1. The van der Waals surface area contributed by atoms with Crippen LogP contribution in [-0.2, 0) is 4.79 Å². The minimum absolute atomic E-state index is 0.171. The van der Waals surface area contributed by atoms with Crippen molar-refractivity contribution in [2.45, 2.75) is 26.7 Å². The zero-order chi connectivity index (χ0) is 26.2. The van der Waals surface area contributed by atoms with Crippen molar-refractivity contribution in [3.8, 4) is 17.2 Å². The van der Waals surface area contributed by atoms with Gasteiger partial charge in [-0.3, -0.25) is 4.79 Å². The maximum absolute atomic E-state index is 12.5. The van der Waals surface area contributed by atoms with Crippen LogP contribution in [0.3, 0.4) is 0 Å². The number of nitrogens with one attached hydrogen (secondary N) is 1. The topological polar surface area (TPSA) is 86.2 Å². The third kappa shape index (κ3) is 7.23. The molecule has 0 aliphatic carbocycles. The molecule has 0 aromatic heterocycles. The van der Waals surface area contributed by atoms with Gasteiger partial charge in [0.15, 0.2) is 18.1 Å². The van der Waals surface area contributed by atoms with E-state index in [1.165, 1.54) is 25.5 Å². The van der Waals surface area contributed by atoms with Crippen molar-refractivity contribution in [2.24, 2.45) is 5.10 Å². The standard InChI is InChI=1S/C27H26Cl2N2O5/c1-16(2)20-8-5-17(3)11-24(20)35-15-26(32)31-30-14-18-6-10-23(25(12-18)34-4)36-27(33)21-9-7-19(28)13-22(21)29/h5-14,16H,15H2,1-4H3,(H,31,32)/b30-14-. The van der Waals surface area contributed by atoms with E-state index in [0.29, 0.717) is 22.1 Å². The number of methoxy groups -OCH3 is 1. The number of aryl methyl sites for hydroxylation is 1. The van der Waals surface area contributed by atoms with Crippen LogP contribution in [-0.4, -0.2) is 31.8 Å². The Morgan fingerprint density at radius 2 is 1.78 bits per heavy atom. The number of hydrogen-bond donors (Lipinski definition) is 1. The summed E-state index contributed by atoms with van der Waals surface area (Å²) in [6, 6.07) is 15.2. The van der Waals surface area contributed by atoms with Gasteiger partial charge in [-0.15, -0.1) is 0 Å². The SMILES string of the molecule is COc1cc(/C=N\NC(=O)COc2cc(C)ccc2C(C)C)ccc1OC(=O)c1ccc(Cl)cc1Cl. The summed E-state index contributed by atoms with van der Waals surface area (Å²) in [5, 5.41) is 4.55. The fraction of sp³-hybridized carbons (Fsp3) is 0.222. The van der Waals surface area contributed by atoms with Crippen molar-refractivity contribution in [1.82, 2.24) is 5.43 Å². The number of carbonyl (C=O) groups is 2. The maximum Gasteiger partial charge on any atom is 0.345 e. The van der Waals surface area contributed by atoms with E-state index in [2.05, 4.69) is 24.4 Å². The fourth-order valence-electron chi connectivity index (χ4n) is 3.26. The van der Waals surface area contributed by atoms with Crippen molar-refractivity contribution in [2.75, 3.05) is 13.7 Å². The molecular weight excluding hydrogens is 503 g/mol. The maximum atomic E-state index is 12.5. The summed E-state index contributed by atoms with van der Waals surface area (Å²) >= 11 is 12.0. The highest BCUT2D eigenvalue weighted by Crippen LogP contribution is 2.30. The monoisotopic (exact) mass is 528 g/mol. The molecule has 0 spiro atoms. The first kappa shape index (κ1) is 27.0. The first-order chi connectivity index (χ1) is 17.2. The predicted octanol–water partition coefficient (Wildman–Crippen LogP) is 6.18. The molecule has 0 aliphatic rings. The third-order valence-corrected chi connectivity index (χ3v) is 5.64. The smallest absolute Gasteiger partial charge is 0.345 e. The lowest BCUT2D eigenvalue weighted by Crippen LogP contribution is -2.25. The highest BCUT2D eigenvalue weighted by atomic mass is 35.5. The zero-order valence-corrected chi connectivity index (χ0v) is 21.8. The van der Waals surface area contributed by atoms with Gasteiger partial charge in [-0.25, -0.2) is 10.2 Å². The number of esters is 1. The van der Waals surface area contributed by atoms with E-state index in [4.69, 9.17) is 37.4 Å². The summed E-state index contributed by atoms with van der Waals surface area (Å²) in [6.45, 7) is 5.92. The van der Waals surface area contributed by atoms with Crippen LogP contribution in [0.4, 0.5) is 0 Å². The highest BCUT2D eigenvalue weighted by Gasteiger charge is 2.16. The van der Waals surface area contributed by atoms with Gasteiger partial charge >= 0.3 is 5.97 Å². The van der Waals surface area contributed by atoms with Gasteiger partial charge in [0.1, 0.15) is 5.75 Å². The van der Waals surface area contributed by atoms with Crippen molar-refractivity contribution in [3.63, 3.8) is 0 Å². The minimum atomic E-state index is -0.655. The molecule has 36 heavy (non-hydrogen) atoms. The van der Waals surface area contributed by atoms with Crippen LogP contribution in [0.25, 0.3) is 0 Å². The number of ether oxygens (including phenoxy) is 3. The van der Waals surface area contributed by atoms with Gasteiger partial charge in [-0.1, -0.05) is 49.2 Å². The minimum Gasteiger partial charge on any atom is -0.493 e. The molecule has 0 atom stereocenters. The quantitative estimate of drug-likeness (QED) is 0.155. The first-order valence-corrected chi connectivity index (χ1v) is 11.8. The van der Waals surface area contributed by atoms with Crippen LogP contribution in [0.5, 0.6) is 17.2 Å². The lowest BCUT2D eigenvalue weighted by molar-refractivity contribution is -0.123. The lowest BCUT2D eigenvalue weighted by Gasteiger charge is -2.14. The van der Waals surface area contributed by atoms with Crippen LogP contribution in [0, 0.1) is 6.92 Å².